The molecule has 1 N–H and O–H groups in total. The number of carbonyl (C=O) groups is 2. The van der Waals surface area contributed by atoms with E-state index in [2.05, 4.69) is 5.10 Å². The Morgan fingerprint density at radius 2 is 2.05 bits per heavy atom. The summed E-state index contributed by atoms with van der Waals surface area (Å²) in [5.74, 6) is -1.05. The van der Waals surface area contributed by atoms with Crippen molar-refractivity contribution in [1.82, 2.24) is 14.7 Å². The van der Waals surface area contributed by atoms with Crippen molar-refractivity contribution in [3.63, 3.8) is 0 Å². The van der Waals surface area contributed by atoms with Gasteiger partial charge in [-0.25, -0.2) is 0 Å². The van der Waals surface area contributed by atoms with Gasteiger partial charge in [-0.05, 0) is 24.6 Å². The molecular formula is C16H19N3O3. The molecule has 0 radical (unpaired) electrons. The third-order valence-electron chi connectivity index (χ3n) is 3.40. The van der Waals surface area contributed by atoms with Crippen LogP contribution in [-0.2, 0) is 11.3 Å². The maximum Gasteiger partial charge on any atom is 0.305 e. The van der Waals surface area contributed by atoms with Crippen LogP contribution in [0, 0.1) is 0 Å². The number of benzene rings is 1. The predicted octanol–water partition coefficient (Wildman–Crippen LogP) is 1.87. The molecule has 0 atom stereocenters. The van der Waals surface area contributed by atoms with Gasteiger partial charge in [0.25, 0.3) is 5.91 Å². The molecule has 0 aliphatic rings. The molecule has 0 saturated heterocycles. The first kappa shape index (κ1) is 15.8. The molecule has 116 valence electrons. The van der Waals surface area contributed by atoms with E-state index >= 15 is 0 Å². The maximum absolute atomic E-state index is 12.6. The van der Waals surface area contributed by atoms with E-state index < -0.39 is 5.97 Å². The molecular weight excluding hydrogens is 282 g/mol. The van der Waals surface area contributed by atoms with Gasteiger partial charge in [0.15, 0.2) is 0 Å². The highest BCUT2D eigenvalue weighted by atomic mass is 16.4. The summed E-state index contributed by atoms with van der Waals surface area (Å²) in [4.78, 5) is 24.9. The Bertz CT molecular complexity index is 638. The zero-order valence-electron chi connectivity index (χ0n) is 12.5. The van der Waals surface area contributed by atoms with Crippen LogP contribution in [0.5, 0.6) is 0 Å². The fourth-order valence-corrected chi connectivity index (χ4v) is 2.24. The molecule has 2 aromatic rings. The van der Waals surface area contributed by atoms with Crippen LogP contribution in [0.1, 0.15) is 29.3 Å². The highest BCUT2D eigenvalue weighted by Gasteiger charge is 2.18. The largest absolute Gasteiger partial charge is 0.481 e. The van der Waals surface area contributed by atoms with Crippen molar-refractivity contribution < 1.29 is 14.7 Å². The number of aromatic nitrogens is 2. The highest BCUT2D eigenvalue weighted by molar-refractivity contribution is 5.95. The van der Waals surface area contributed by atoms with Crippen LogP contribution in [0.4, 0.5) is 0 Å². The molecule has 0 unspecified atom stereocenters. The average molecular weight is 301 g/mol. The monoisotopic (exact) mass is 301 g/mol. The van der Waals surface area contributed by atoms with E-state index in [-0.39, 0.29) is 18.9 Å². The molecule has 1 amide bonds. The molecule has 2 rings (SSSR count). The van der Waals surface area contributed by atoms with Gasteiger partial charge in [-0.3, -0.25) is 14.3 Å². The van der Waals surface area contributed by atoms with Gasteiger partial charge in [0.05, 0.1) is 13.0 Å². The Labute approximate surface area is 129 Å². The molecule has 6 heteroatoms. The first-order chi connectivity index (χ1) is 10.6. The van der Waals surface area contributed by atoms with Crippen molar-refractivity contribution in [1.29, 1.82) is 0 Å². The van der Waals surface area contributed by atoms with Crippen molar-refractivity contribution in [2.75, 3.05) is 13.1 Å². The van der Waals surface area contributed by atoms with Gasteiger partial charge in [0.2, 0.25) is 0 Å². The van der Waals surface area contributed by atoms with Crippen molar-refractivity contribution >= 4 is 11.9 Å². The average Bonchev–Trinajstić information content (AvgIpc) is 3.01. The second kappa shape index (κ2) is 7.40. The number of nitrogens with zero attached hydrogens (tertiary/aromatic N) is 3. The molecule has 22 heavy (non-hydrogen) atoms. The molecule has 0 saturated carbocycles. The van der Waals surface area contributed by atoms with E-state index in [0.717, 1.165) is 5.56 Å². The Balaban J connectivity index is 2.19. The van der Waals surface area contributed by atoms with E-state index in [9.17, 15) is 9.59 Å². The summed E-state index contributed by atoms with van der Waals surface area (Å²) in [6.07, 6.45) is 3.47. The molecule has 0 aliphatic carbocycles. The van der Waals surface area contributed by atoms with Gasteiger partial charge in [-0.15, -0.1) is 0 Å². The first-order valence-corrected chi connectivity index (χ1v) is 7.18. The Morgan fingerprint density at radius 3 is 2.68 bits per heavy atom. The van der Waals surface area contributed by atoms with Crippen LogP contribution >= 0.6 is 0 Å². The fourth-order valence-electron chi connectivity index (χ4n) is 2.24. The van der Waals surface area contributed by atoms with Crippen LogP contribution in [0.25, 0.3) is 0 Å². The second-order valence-electron chi connectivity index (χ2n) is 4.89. The zero-order valence-corrected chi connectivity index (χ0v) is 12.5. The predicted molar refractivity (Wildman–Crippen MR) is 81.6 cm³/mol. The Hall–Kier alpha value is -2.63. The van der Waals surface area contributed by atoms with Gasteiger partial charge < -0.3 is 10.0 Å². The van der Waals surface area contributed by atoms with Crippen molar-refractivity contribution in [2.45, 2.75) is 19.9 Å². The van der Waals surface area contributed by atoms with E-state index in [1.165, 1.54) is 0 Å². The third kappa shape index (κ3) is 3.94. The van der Waals surface area contributed by atoms with Crippen LogP contribution in [0.15, 0.2) is 42.7 Å². The topological polar surface area (TPSA) is 75.4 Å². The van der Waals surface area contributed by atoms with E-state index in [1.807, 2.05) is 37.4 Å². The Morgan fingerprint density at radius 1 is 1.27 bits per heavy atom. The minimum Gasteiger partial charge on any atom is -0.481 e. The summed E-state index contributed by atoms with van der Waals surface area (Å²) in [5.41, 5.74) is 1.45. The summed E-state index contributed by atoms with van der Waals surface area (Å²) < 4.78 is 1.75. The summed E-state index contributed by atoms with van der Waals surface area (Å²) in [7, 11) is 0. The lowest BCUT2D eigenvalue weighted by Crippen LogP contribution is -2.33. The maximum atomic E-state index is 12.6. The van der Waals surface area contributed by atoms with Crippen molar-refractivity contribution in [3.05, 3.63) is 53.9 Å². The molecule has 1 heterocycles. The number of carboxylic acids is 1. The second-order valence-corrected chi connectivity index (χ2v) is 4.89. The number of aliphatic carboxylic acids is 1. The van der Waals surface area contributed by atoms with Crippen molar-refractivity contribution in [2.24, 2.45) is 0 Å². The lowest BCUT2D eigenvalue weighted by molar-refractivity contribution is -0.137. The summed E-state index contributed by atoms with van der Waals surface area (Å²) in [6.45, 7) is 3.03. The molecule has 1 aromatic carbocycles. The van der Waals surface area contributed by atoms with Gasteiger partial charge in [0.1, 0.15) is 0 Å². The van der Waals surface area contributed by atoms with Crippen LogP contribution in [-0.4, -0.2) is 44.8 Å². The summed E-state index contributed by atoms with van der Waals surface area (Å²) >= 11 is 0. The van der Waals surface area contributed by atoms with E-state index in [0.29, 0.717) is 18.7 Å². The number of hydrogen-bond donors (Lipinski definition) is 1. The van der Waals surface area contributed by atoms with Crippen LogP contribution in [0.3, 0.4) is 0 Å². The van der Waals surface area contributed by atoms with Gasteiger partial charge >= 0.3 is 5.97 Å². The quantitative estimate of drug-likeness (QED) is 0.847. The van der Waals surface area contributed by atoms with Gasteiger partial charge in [0, 0.05) is 31.0 Å². The molecule has 0 fully saturated rings. The minimum atomic E-state index is -0.906. The summed E-state index contributed by atoms with van der Waals surface area (Å²) in [6, 6.07) is 9.17. The number of amides is 1. The lowest BCUT2D eigenvalue weighted by atomic mass is 10.1. The molecule has 0 aliphatic heterocycles. The standard InChI is InChI=1S/C16H19N3O3/c1-2-18(11-8-15(20)21)16(22)14-7-4-3-6-13(14)12-19-10-5-9-17-19/h3-7,9-10H,2,8,11-12H2,1H3,(H,20,21). The van der Waals surface area contributed by atoms with Crippen LogP contribution in [0.2, 0.25) is 0 Å². The molecule has 1 aromatic heterocycles. The zero-order chi connectivity index (χ0) is 15.9. The normalized spacial score (nSPS) is 10.4. The van der Waals surface area contributed by atoms with E-state index in [1.54, 1.807) is 21.8 Å². The fraction of sp³-hybridized carbons (Fsp3) is 0.312. The number of carboxylic acid groups (broad SMARTS) is 1. The van der Waals surface area contributed by atoms with E-state index in [4.69, 9.17) is 5.11 Å². The molecule has 0 spiro atoms. The minimum absolute atomic E-state index is 0.0547. The summed E-state index contributed by atoms with van der Waals surface area (Å²) in [5, 5.41) is 12.9. The number of hydrogen-bond acceptors (Lipinski definition) is 3. The van der Waals surface area contributed by atoms with Gasteiger partial charge in [-0.1, -0.05) is 18.2 Å². The number of carbonyl (C=O) groups excluding carboxylic acids is 1. The SMILES string of the molecule is CCN(CCC(=O)O)C(=O)c1ccccc1Cn1cccn1. The van der Waals surface area contributed by atoms with Crippen LogP contribution < -0.4 is 0 Å². The highest BCUT2D eigenvalue weighted by Crippen LogP contribution is 2.13. The smallest absolute Gasteiger partial charge is 0.305 e. The molecule has 0 bridgehead atoms. The van der Waals surface area contributed by atoms with Gasteiger partial charge in [-0.2, -0.15) is 5.10 Å². The molecule has 6 nitrogen and oxygen atoms in total. The third-order valence-corrected chi connectivity index (χ3v) is 3.40. The lowest BCUT2D eigenvalue weighted by Gasteiger charge is -2.21. The van der Waals surface area contributed by atoms with Crippen molar-refractivity contribution in [3.8, 4) is 0 Å². The first-order valence-electron chi connectivity index (χ1n) is 7.18. The Kier molecular flexibility index (Phi) is 5.30. The number of rotatable bonds is 7.